The van der Waals surface area contributed by atoms with Crippen molar-refractivity contribution in [3.63, 3.8) is 0 Å². The number of H-pyrrole nitrogens is 1. The molecule has 4 N–H and O–H groups in total. The average Bonchev–Trinajstić information content (AvgIpc) is 3.12. The summed E-state index contributed by atoms with van der Waals surface area (Å²) < 4.78 is 16.0. The van der Waals surface area contributed by atoms with Crippen LogP contribution >= 0.6 is 23.2 Å². The van der Waals surface area contributed by atoms with E-state index < -0.39 is 22.5 Å². The molecule has 3 aliphatic rings. The minimum absolute atomic E-state index is 0. The molecule has 3 heterocycles. The van der Waals surface area contributed by atoms with E-state index in [0.717, 1.165) is 51.4 Å². The van der Waals surface area contributed by atoms with Gasteiger partial charge in [-0.05, 0) is 117 Å². The Balaban J connectivity index is 0.000000348. The zero-order chi connectivity index (χ0) is 41.6. The summed E-state index contributed by atoms with van der Waals surface area (Å²) in [6, 6.07) is 3.49. The number of hydrogen-bond acceptors (Lipinski definition) is 10. The lowest BCUT2D eigenvalue weighted by atomic mass is 9.89. The number of hydrogen-bond donors (Lipinski definition) is 4. The monoisotopic (exact) mass is 832 g/mol. The molecule has 312 valence electrons. The Kier molecular flexibility index (Phi) is 18.6. The number of alkyl halides is 1. The minimum Gasteiger partial charge on any atom is -0.466 e. The van der Waals surface area contributed by atoms with E-state index in [0.29, 0.717) is 28.6 Å². The number of alkyl carbamates (subject to hydrolysis) is 2. The first kappa shape index (κ1) is 48.1. The van der Waals surface area contributed by atoms with Gasteiger partial charge in [-0.2, -0.15) is 0 Å². The van der Waals surface area contributed by atoms with Gasteiger partial charge in [0.05, 0.1) is 30.4 Å². The molecule has 2 saturated carbocycles. The van der Waals surface area contributed by atoms with E-state index in [-0.39, 0.29) is 61.6 Å². The Bertz CT molecular complexity index is 1830. The summed E-state index contributed by atoms with van der Waals surface area (Å²) in [5.41, 5.74) is 0.498. The number of ether oxygens (including phenoxy) is 3. The summed E-state index contributed by atoms with van der Waals surface area (Å²) in [6.45, 7) is 25.1. The van der Waals surface area contributed by atoms with Gasteiger partial charge >= 0.3 is 12.2 Å². The maximum atomic E-state index is 12.5. The molecule has 16 nitrogen and oxygen atoms in total. The van der Waals surface area contributed by atoms with E-state index in [9.17, 15) is 24.0 Å². The van der Waals surface area contributed by atoms with Crippen LogP contribution in [-0.4, -0.2) is 81.2 Å². The van der Waals surface area contributed by atoms with E-state index in [1.807, 2.05) is 41.5 Å². The van der Waals surface area contributed by atoms with Crippen molar-refractivity contribution in [2.45, 2.75) is 136 Å². The van der Waals surface area contributed by atoms with Gasteiger partial charge in [-0.1, -0.05) is 7.43 Å². The smallest absolute Gasteiger partial charge is 0.407 e. The Morgan fingerprint density at radius 1 is 0.877 bits per heavy atom. The number of carbonyl (C=O) groups is 4. The van der Waals surface area contributed by atoms with Crippen LogP contribution in [0, 0.1) is 13.1 Å². The zero-order valence-electron chi connectivity index (χ0n) is 32.5. The number of nitrogens with one attached hydrogen (secondary N) is 4. The second-order valence-corrected chi connectivity index (χ2v) is 16.1. The molecule has 2 aromatic rings. The van der Waals surface area contributed by atoms with Crippen molar-refractivity contribution in [1.82, 2.24) is 20.6 Å². The number of carbonyl (C=O) groups excluding carboxylic acids is 4. The lowest BCUT2D eigenvalue weighted by molar-refractivity contribution is -0.122. The highest BCUT2D eigenvalue weighted by Crippen LogP contribution is 2.37. The fraction of sp³-hybridized carbons (Fsp3) is 0.590. The molecular weight excluding hydrogens is 779 g/mol. The Morgan fingerprint density at radius 3 is 1.84 bits per heavy atom. The van der Waals surface area contributed by atoms with Gasteiger partial charge < -0.3 is 40.0 Å². The van der Waals surface area contributed by atoms with E-state index in [1.165, 1.54) is 12.4 Å². The number of halogens is 2. The lowest BCUT2D eigenvalue weighted by Crippen LogP contribution is -2.50. The van der Waals surface area contributed by atoms with Crippen LogP contribution in [0.2, 0.25) is 0 Å². The van der Waals surface area contributed by atoms with Crippen molar-refractivity contribution in [3.8, 4) is 5.88 Å². The van der Waals surface area contributed by atoms with Gasteiger partial charge in [-0.25, -0.2) is 24.3 Å². The van der Waals surface area contributed by atoms with Gasteiger partial charge in [-0.15, -0.1) is 11.6 Å². The predicted octanol–water partition coefficient (Wildman–Crippen LogP) is 7.99. The maximum absolute atomic E-state index is 12.5. The highest BCUT2D eigenvalue weighted by atomic mass is 35.5. The molecule has 18 heteroatoms. The number of fused-ring (bicyclic) bond motifs is 1. The van der Waals surface area contributed by atoms with Gasteiger partial charge in [0.1, 0.15) is 11.2 Å². The molecule has 0 spiro atoms. The van der Waals surface area contributed by atoms with E-state index >= 15 is 0 Å². The number of aromatic nitrogens is 2. The van der Waals surface area contributed by atoms with Crippen molar-refractivity contribution >= 4 is 69.3 Å². The summed E-state index contributed by atoms with van der Waals surface area (Å²) in [4.78, 5) is 72.6. The maximum Gasteiger partial charge on any atom is 0.407 e. The fourth-order valence-corrected chi connectivity index (χ4v) is 6.18. The van der Waals surface area contributed by atoms with Gasteiger partial charge in [0.2, 0.25) is 22.5 Å². The van der Waals surface area contributed by atoms with Crippen LogP contribution in [-0.2, 0) is 19.1 Å². The molecular formula is C39H54Cl2N8O8. The number of rotatable bonds is 6. The first-order valence-electron chi connectivity index (χ1n) is 18.2. The van der Waals surface area contributed by atoms with Crippen molar-refractivity contribution in [2.75, 3.05) is 22.7 Å². The minimum atomic E-state index is -0.529. The van der Waals surface area contributed by atoms with E-state index in [1.54, 1.807) is 17.0 Å². The topological polar surface area (TPSA) is 190 Å². The second kappa shape index (κ2) is 22.0. The average molecular weight is 834 g/mol. The first-order chi connectivity index (χ1) is 26.3. The molecule has 0 aromatic carbocycles. The fourth-order valence-electron chi connectivity index (χ4n) is 6.18. The third kappa shape index (κ3) is 16.5. The molecule has 0 unspecified atom stereocenters. The third-order valence-corrected chi connectivity index (χ3v) is 9.03. The van der Waals surface area contributed by atoms with Crippen molar-refractivity contribution in [2.24, 2.45) is 0 Å². The van der Waals surface area contributed by atoms with Crippen LogP contribution in [0.4, 0.5) is 32.3 Å². The number of aromatic amines is 1. The van der Waals surface area contributed by atoms with Gasteiger partial charge in [0.25, 0.3) is 11.5 Å². The van der Waals surface area contributed by atoms with Gasteiger partial charge in [0, 0.05) is 36.6 Å². The molecule has 5 rings (SSSR count). The molecule has 0 radical (unpaired) electrons. The van der Waals surface area contributed by atoms with Crippen molar-refractivity contribution < 1.29 is 33.4 Å². The molecule has 2 aliphatic carbocycles. The van der Waals surface area contributed by atoms with Crippen LogP contribution in [0.5, 0.6) is 5.88 Å². The summed E-state index contributed by atoms with van der Waals surface area (Å²) in [7, 11) is 0. The molecule has 2 aromatic heterocycles. The van der Waals surface area contributed by atoms with Crippen LogP contribution in [0.25, 0.3) is 9.69 Å². The van der Waals surface area contributed by atoms with Crippen LogP contribution in [0.15, 0.2) is 29.3 Å². The van der Waals surface area contributed by atoms with E-state index in [2.05, 4.69) is 35.6 Å². The van der Waals surface area contributed by atoms with Gasteiger partial charge in [-0.3, -0.25) is 14.4 Å². The summed E-state index contributed by atoms with van der Waals surface area (Å²) in [5.74, 6) is 0.160. The lowest BCUT2D eigenvalue weighted by Gasteiger charge is -2.39. The zero-order valence-corrected chi connectivity index (χ0v) is 34.0. The Hall–Kier alpha value is -5.06. The Labute approximate surface area is 344 Å². The highest BCUT2D eigenvalue weighted by Gasteiger charge is 2.36. The molecule has 2 fully saturated rings. The second-order valence-electron chi connectivity index (χ2n) is 15.4. The SMILES string of the molecule is C.O=C(Cl)CCl.[C-]#[N+]c1c[nH]c(=O)c(NC2CCC(NC(=O)OC(C)(C)C)CC2)c1.[C-]#[N+]c1cnc2c(c1)N(C1CCC(NC(=O)OC(C)(C)C)CC1)C(=O)CO2. The normalized spacial score (nSPS) is 20.0. The number of amides is 3. The first-order valence-corrected chi connectivity index (χ1v) is 19.1. The number of nitrogens with zero attached hydrogens (tertiary/aromatic N) is 4. The molecule has 57 heavy (non-hydrogen) atoms. The summed E-state index contributed by atoms with van der Waals surface area (Å²) in [5, 5.41) is 8.50. The van der Waals surface area contributed by atoms with Crippen LogP contribution in [0.3, 0.4) is 0 Å². The highest BCUT2D eigenvalue weighted by molar-refractivity contribution is 6.67. The van der Waals surface area contributed by atoms with Crippen LogP contribution in [0.1, 0.15) is 100 Å². The van der Waals surface area contributed by atoms with Crippen molar-refractivity contribution in [3.05, 3.63) is 57.7 Å². The van der Waals surface area contributed by atoms with Crippen LogP contribution < -0.4 is 31.1 Å². The largest absolute Gasteiger partial charge is 0.466 e. The quantitative estimate of drug-likeness (QED) is 0.126. The summed E-state index contributed by atoms with van der Waals surface area (Å²) >= 11 is 9.55. The van der Waals surface area contributed by atoms with Crippen molar-refractivity contribution in [1.29, 1.82) is 0 Å². The standard InChI is InChI=1S/C19H24N4O4.C17H24N4O3.C2H2Cl2O.CH4/c1-19(2,3)27-18(25)22-12-5-7-14(8-6-12)23-15-9-13(20-4)10-21-17(15)26-11-16(23)24;1-17(2,3)24-16(23)21-12-7-5-11(6-8-12)20-14-9-13(18-4)10-19-15(14)22;3-1-2(4)5;/h9-10,12,14H,5-8,11H2,1-3H3,(H,22,25);9-12,20H,5-8H2,1-3H3,(H,19,22)(H,21,23);1H2;1H4. The molecule has 1 aliphatic heterocycles. The number of anilines is 2. The van der Waals surface area contributed by atoms with E-state index in [4.69, 9.17) is 50.6 Å². The molecule has 0 atom stereocenters. The molecule has 3 amide bonds. The third-order valence-electron chi connectivity index (χ3n) is 8.52. The molecule has 0 bridgehead atoms. The Morgan fingerprint density at radius 2 is 1.37 bits per heavy atom. The number of pyridine rings is 2. The summed E-state index contributed by atoms with van der Waals surface area (Å²) in [6.07, 6.45) is 8.34. The predicted molar refractivity (Wildman–Crippen MR) is 220 cm³/mol. The molecule has 0 saturated heterocycles. The van der Waals surface area contributed by atoms with Gasteiger partial charge in [0.15, 0.2) is 6.61 Å².